The van der Waals surface area contributed by atoms with Crippen LogP contribution in [-0.4, -0.2) is 21.9 Å². The van der Waals surface area contributed by atoms with Crippen LogP contribution in [0.15, 0.2) is 22.8 Å². The van der Waals surface area contributed by atoms with Crippen molar-refractivity contribution < 1.29 is 9.66 Å². The van der Waals surface area contributed by atoms with Crippen molar-refractivity contribution in [2.24, 2.45) is 0 Å². The molecule has 1 aromatic carbocycles. The van der Waals surface area contributed by atoms with Crippen molar-refractivity contribution in [2.45, 2.75) is 13.8 Å². The molecule has 110 valence electrons. The van der Waals surface area contributed by atoms with Crippen LogP contribution in [0.5, 0.6) is 11.6 Å². The quantitative estimate of drug-likeness (QED) is 0.667. The van der Waals surface area contributed by atoms with E-state index in [0.29, 0.717) is 21.5 Å². The minimum atomic E-state index is -0.484. The number of halogens is 1. The Kier molecular flexibility index (Phi) is 4.37. The number of nitro groups is 1. The zero-order valence-electron chi connectivity index (χ0n) is 11.7. The molecule has 0 aliphatic rings. The normalized spacial score (nSPS) is 10.3. The minimum absolute atomic E-state index is 0.120. The van der Waals surface area contributed by atoms with Gasteiger partial charge in [0, 0.05) is 34.9 Å². The number of ether oxygens (including phenoxy) is 1. The number of rotatable bonds is 4. The predicted molar refractivity (Wildman–Crippen MR) is 81.9 cm³/mol. The van der Waals surface area contributed by atoms with Gasteiger partial charge in [-0.25, -0.2) is 4.98 Å². The number of aromatic nitrogens is 2. The van der Waals surface area contributed by atoms with Gasteiger partial charge in [0.1, 0.15) is 0 Å². The number of benzene rings is 1. The third kappa shape index (κ3) is 3.27. The van der Waals surface area contributed by atoms with Crippen LogP contribution in [0.4, 0.5) is 11.6 Å². The summed E-state index contributed by atoms with van der Waals surface area (Å²) in [5.74, 6) is 0.836. The maximum absolute atomic E-state index is 11.2. The lowest BCUT2D eigenvalue weighted by molar-refractivity contribution is -0.385. The molecule has 0 aliphatic carbocycles. The lowest BCUT2D eigenvalue weighted by Crippen LogP contribution is -2.02. The van der Waals surface area contributed by atoms with Gasteiger partial charge in [0.05, 0.1) is 4.92 Å². The summed E-state index contributed by atoms with van der Waals surface area (Å²) >= 11 is 3.24. The first kappa shape index (κ1) is 15.2. The highest BCUT2D eigenvalue weighted by molar-refractivity contribution is 9.10. The lowest BCUT2D eigenvalue weighted by Gasteiger charge is -2.11. The molecule has 0 spiro atoms. The highest BCUT2D eigenvalue weighted by Crippen LogP contribution is 2.37. The predicted octanol–water partition coefficient (Wildman–Crippen LogP) is 3.60. The SMILES string of the molecule is CNc1ncc(C)c(Oc2c(C)cc(Br)cc2[N+](=O)[O-])n1. The molecular weight excluding hydrogens is 340 g/mol. The number of nitro benzene ring substituents is 1. The molecule has 0 radical (unpaired) electrons. The Hall–Kier alpha value is -2.22. The Morgan fingerprint density at radius 3 is 2.67 bits per heavy atom. The molecule has 2 rings (SSSR count). The largest absolute Gasteiger partial charge is 0.431 e. The average molecular weight is 353 g/mol. The van der Waals surface area contributed by atoms with Crippen LogP contribution in [0.1, 0.15) is 11.1 Å². The molecule has 0 aliphatic heterocycles. The molecule has 8 heteroatoms. The molecular formula is C13H13BrN4O3. The molecule has 21 heavy (non-hydrogen) atoms. The molecule has 0 saturated heterocycles. The first-order valence-corrected chi connectivity index (χ1v) is 6.85. The number of nitrogens with zero attached hydrogens (tertiary/aromatic N) is 3. The van der Waals surface area contributed by atoms with E-state index in [1.54, 1.807) is 33.2 Å². The Balaban J connectivity index is 2.51. The highest BCUT2D eigenvalue weighted by atomic mass is 79.9. The molecule has 1 aromatic heterocycles. The van der Waals surface area contributed by atoms with E-state index in [-0.39, 0.29) is 17.3 Å². The van der Waals surface area contributed by atoms with Gasteiger partial charge in [-0.15, -0.1) is 0 Å². The summed E-state index contributed by atoms with van der Waals surface area (Å²) in [7, 11) is 1.68. The fraction of sp³-hybridized carbons (Fsp3) is 0.231. The molecule has 1 heterocycles. The third-order valence-electron chi connectivity index (χ3n) is 2.76. The summed E-state index contributed by atoms with van der Waals surface area (Å²) in [5, 5.41) is 14.0. The Morgan fingerprint density at radius 2 is 2.05 bits per heavy atom. The van der Waals surface area contributed by atoms with Gasteiger partial charge in [0.25, 0.3) is 0 Å². The second kappa shape index (κ2) is 6.04. The highest BCUT2D eigenvalue weighted by Gasteiger charge is 2.21. The van der Waals surface area contributed by atoms with Crippen molar-refractivity contribution in [2.75, 3.05) is 12.4 Å². The molecule has 0 bridgehead atoms. The van der Waals surface area contributed by atoms with Gasteiger partial charge in [0.15, 0.2) is 0 Å². The van der Waals surface area contributed by atoms with Crippen LogP contribution in [0.3, 0.4) is 0 Å². The fourth-order valence-electron chi connectivity index (χ4n) is 1.73. The molecule has 0 fully saturated rings. The van der Waals surface area contributed by atoms with Gasteiger partial charge in [-0.05, 0) is 19.9 Å². The molecule has 0 unspecified atom stereocenters. The average Bonchev–Trinajstić information content (AvgIpc) is 2.43. The van der Waals surface area contributed by atoms with Crippen molar-refractivity contribution in [1.29, 1.82) is 0 Å². The summed E-state index contributed by atoms with van der Waals surface area (Å²) < 4.78 is 6.30. The maximum atomic E-state index is 11.2. The van der Waals surface area contributed by atoms with Crippen LogP contribution < -0.4 is 10.1 Å². The van der Waals surface area contributed by atoms with Crippen LogP contribution >= 0.6 is 15.9 Å². The summed E-state index contributed by atoms with van der Waals surface area (Å²) in [6.07, 6.45) is 1.59. The third-order valence-corrected chi connectivity index (χ3v) is 3.22. The summed E-state index contributed by atoms with van der Waals surface area (Å²) in [5.41, 5.74) is 1.21. The van der Waals surface area contributed by atoms with E-state index in [4.69, 9.17) is 4.74 Å². The Labute approximate surface area is 129 Å². The van der Waals surface area contributed by atoms with Crippen molar-refractivity contribution in [3.8, 4) is 11.6 Å². The van der Waals surface area contributed by atoms with Gasteiger partial charge in [-0.1, -0.05) is 15.9 Å². The Morgan fingerprint density at radius 1 is 1.33 bits per heavy atom. The van der Waals surface area contributed by atoms with Gasteiger partial charge in [-0.2, -0.15) is 4.98 Å². The second-order valence-electron chi connectivity index (χ2n) is 4.36. The molecule has 1 N–H and O–H groups in total. The first-order chi connectivity index (χ1) is 9.92. The van der Waals surface area contributed by atoms with Crippen LogP contribution in [0.25, 0.3) is 0 Å². The molecule has 0 atom stereocenters. The van der Waals surface area contributed by atoms with E-state index in [0.717, 1.165) is 0 Å². The van der Waals surface area contributed by atoms with E-state index in [1.165, 1.54) is 6.07 Å². The standard InChI is InChI=1S/C13H13BrN4O3/c1-7-4-9(14)5-10(18(19)20)11(7)21-12-8(2)6-16-13(15-3)17-12/h4-6H,1-3H3,(H,15,16,17). The van der Waals surface area contributed by atoms with Crippen molar-refractivity contribution >= 4 is 27.6 Å². The topological polar surface area (TPSA) is 90.2 Å². The van der Waals surface area contributed by atoms with Crippen molar-refractivity contribution in [3.05, 3.63) is 44.0 Å². The molecule has 2 aromatic rings. The van der Waals surface area contributed by atoms with Crippen LogP contribution in [0.2, 0.25) is 0 Å². The van der Waals surface area contributed by atoms with Gasteiger partial charge in [-0.3, -0.25) is 10.1 Å². The number of hydrogen-bond acceptors (Lipinski definition) is 6. The monoisotopic (exact) mass is 352 g/mol. The minimum Gasteiger partial charge on any atom is -0.431 e. The van der Waals surface area contributed by atoms with Crippen LogP contribution in [0, 0.1) is 24.0 Å². The zero-order valence-corrected chi connectivity index (χ0v) is 13.3. The van der Waals surface area contributed by atoms with E-state index >= 15 is 0 Å². The van der Waals surface area contributed by atoms with Crippen molar-refractivity contribution in [1.82, 2.24) is 9.97 Å². The van der Waals surface area contributed by atoms with Gasteiger partial charge >= 0.3 is 5.69 Å². The summed E-state index contributed by atoms with van der Waals surface area (Å²) in [6, 6.07) is 3.15. The van der Waals surface area contributed by atoms with Crippen LogP contribution in [-0.2, 0) is 0 Å². The number of nitrogens with one attached hydrogen (secondary N) is 1. The number of anilines is 1. The van der Waals surface area contributed by atoms with E-state index < -0.39 is 4.92 Å². The van der Waals surface area contributed by atoms with E-state index in [9.17, 15) is 10.1 Å². The molecule has 0 saturated carbocycles. The van der Waals surface area contributed by atoms with Gasteiger partial charge < -0.3 is 10.1 Å². The number of aryl methyl sites for hydroxylation is 2. The smallest absolute Gasteiger partial charge is 0.313 e. The molecule has 0 amide bonds. The molecule has 7 nitrogen and oxygen atoms in total. The summed E-state index contributed by atoms with van der Waals surface area (Å²) in [4.78, 5) is 18.9. The maximum Gasteiger partial charge on any atom is 0.313 e. The second-order valence-corrected chi connectivity index (χ2v) is 5.28. The Bertz CT molecular complexity index is 706. The van der Waals surface area contributed by atoms with Crippen molar-refractivity contribution in [3.63, 3.8) is 0 Å². The van der Waals surface area contributed by atoms with E-state index in [2.05, 4.69) is 31.2 Å². The zero-order chi connectivity index (χ0) is 15.6. The number of hydrogen-bond donors (Lipinski definition) is 1. The first-order valence-electron chi connectivity index (χ1n) is 6.06. The lowest BCUT2D eigenvalue weighted by atomic mass is 10.2. The van der Waals surface area contributed by atoms with Gasteiger partial charge in [0.2, 0.25) is 17.6 Å². The fourth-order valence-corrected chi connectivity index (χ4v) is 2.29. The van der Waals surface area contributed by atoms with E-state index in [1.807, 2.05) is 0 Å². The summed E-state index contributed by atoms with van der Waals surface area (Å²) in [6.45, 7) is 3.51.